The third-order valence-corrected chi connectivity index (χ3v) is 2.69. The van der Waals surface area contributed by atoms with Gasteiger partial charge >= 0.3 is 0 Å². The summed E-state index contributed by atoms with van der Waals surface area (Å²) in [7, 11) is 0. The van der Waals surface area contributed by atoms with E-state index in [2.05, 4.69) is 17.9 Å². The summed E-state index contributed by atoms with van der Waals surface area (Å²) >= 11 is 10.1. The van der Waals surface area contributed by atoms with Gasteiger partial charge in [-0.25, -0.2) is 0 Å². The summed E-state index contributed by atoms with van der Waals surface area (Å²) in [4.78, 5) is 11.4. The Morgan fingerprint density at radius 3 is 2.53 bits per heavy atom. The number of hydrogen-bond acceptors (Lipinski definition) is 2. The van der Waals surface area contributed by atoms with Gasteiger partial charge in [-0.2, -0.15) is 12.6 Å². The van der Waals surface area contributed by atoms with Crippen LogP contribution in [0.2, 0.25) is 5.02 Å². The Bertz CT molecular complexity index is 354. The van der Waals surface area contributed by atoms with Crippen LogP contribution in [0.1, 0.15) is 25.5 Å². The van der Waals surface area contributed by atoms with Gasteiger partial charge in [0, 0.05) is 5.02 Å². The van der Waals surface area contributed by atoms with E-state index < -0.39 is 0 Å². The van der Waals surface area contributed by atoms with E-state index in [9.17, 15) is 4.79 Å². The van der Waals surface area contributed by atoms with Gasteiger partial charge in [-0.3, -0.25) is 4.79 Å². The summed E-state index contributed by atoms with van der Waals surface area (Å²) in [5, 5.41) is 3.19. The number of thiol groups is 1. The van der Waals surface area contributed by atoms with Crippen LogP contribution < -0.4 is 5.32 Å². The fourth-order valence-electron chi connectivity index (χ4n) is 1.24. The van der Waals surface area contributed by atoms with Gasteiger partial charge in [0.05, 0.1) is 11.3 Å². The fraction of sp³-hybridized carbons (Fsp3) is 0.364. The zero-order valence-corrected chi connectivity index (χ0v) is 10.3. The summed E-state index contributed by atoms with van der Waals surface area (Å²) in [6, 6.07) is 7.37. The second-order valence-corrected chi connectivity index (χ2v) is 4.61. The van der Waals surface area contributed by atoms with E-state index in [1.165, 1.54) is 0 Å². The third kappa shape index (κ3) is 3.43. The summed E-state index contributed by atoms with van der Waals surface area (Å²) in [5.74, 6) is -0.0919. The molecule has 0 radical (unpaired) electrons. The van der Waals surface area contributed by atoms with Gasteiger partial charge < -0.3 is 5.32 Å². The van der Waals surface area contributed by atoms with Crippen molar-refractivity contribution in [3.05, 3.63) is 34.9 Å². The maximum absolute atomic E-state index is 11.4. The lowest BCUT2D eigenvalue weighted by Gasteiger charge is -2.16. The molecular weight excluding hydrogens is 230 g/mol. The molecular formula is C11H14ClNOS. The number of nitrogens with one attached hydrogen (secondary N) is 1. The summed E-state index contributed by atoms with van der Waals surface area (Å²) < 4.78 is 0. The number of carbonyl (C=O) groups is 1. The molecule has 0 heterocycles. The van der Waals surface area contributed by atoms with E-state index >= 15 is 0 Å². The van der Waals surface area contributed by atoms with Crippen molar-refractivity contribution in [3.63, 3.8) is 0 Å². The van der Waals surface area contributed by atoms with Crippen LogP contribution in [0.25, 0.3) is 0 Å². The van der Waals surface area contributed by atoms with Crippen LogP contribution in [-0.2, 0) is 4.79 Å². The van der Waals surface area contributed by atoms with Crippen LogP contribution in [0.4, 0.5) is 0 Å². The Kier molecular flexibility index (Phi) is 4.48. The molecule has 0 aliphatic carbocycles. The van der Waals surface area contributed by atoms with E-state index in [0.717, 1.165) is 5.56 Å². The second kappa shape index (κ2) is 5.42. The lowest BCUT2D eigenvalue weighted by Crippen LogP contribution is -2.32. The van der Waals surface area contributed by atoms with Gasteiger partial charge in [0.2, 0.25) is 5.91 Å². The molecule has 0 aliphatic rings. The molecule has 1 N–H and O–H groups in total. The largest absolute Gasteiger partial charge is 0.349 e. The van der Waals surface area contributed by atoms with Gasteiger partial charge in [-0.15, -0.1) is 0 Å². The van der Waals surface area contributed by atoms with Crippen molar-refractivity contribution in [2.75, 3.05) is 0 Å². The molecule has 15 heavy (non-hydrogen) atoms. The minimum absolute atomic E-state index is 0.0919. The van der Waals surface area contributed by atoms with Crippen LogP contribution >= 0.6 is 24.2 Å². The van der Waals surface area contributed by atoms with E-state index in [-0.39, 0.29) is 17.2 Å². The number of halogens is 1. The van der Waals surface area contributed by atoms with Crippen molar-refractivity contribution < 1.29 is 4.79 Å². The topological polar surface area (TPSA) is 29.1 Å². The highest BCUT2D eigenvalue weighted by Gasteiger charge is 2.14. The Morgan fingerprint density at radius 2 is 2.00 bits per heavy atom. The first-order chi connectivity index (χ1) is 7.02. The van der Waals surface area contributed by atoms with Crippen LogP contribution in [0, 0.1) is 0 Å². The molecule has 0 saturated carbocycles. The molecule has 0 aromatic heterocycles. The van der Waals surface area contributed by atoms with Crippen molar-refractivity contribution >= 4 is 30.1 Å². The van der Waals surface area contributed by atoms with E-state index in [1.54, 1.807) is 6.92 Å². The minimum Gasteiger partial charge on any atom is -0.349 e. The molecule has 2 nitrogen and oxygen atoms in total. The first-order valence-corrected chi connectivity index (χ1v) is 5.64. The lowest BCUT2D eigenvalue weighted by atomic mass is 10.1. The zero-order valence-electron chi connectivity index (χ0n) is 8.70. The predicted octanol–water partition coefficient (Wildman–Crippen LogP) is 2.84. The number of rotatable bonds is 3. The summed E-state index contributed by atoms with van der Waals surface area (Å²) in [5.41, 5.74) is 0.918. The van der Waals surface area contributed by atoms with Crippen molar-refractivity contribution in [1.29, 1.82) is 0 Å². The smallest absolute Gasteiger partial charge is 0.233 e. The molecule has 1 aromatic rings. The normalized spacial score (nSPS) is 14.4. The molecule has 0 saturated heterocycles. The molecule has 0 fully saturated rings. The highest BCUT2D eigenvalue weighted by Crippen LogP contribution is 2.22. The molecule has 2 atom stereocenters. The van der Waals surface area contributed by atoms with Gasteiger partial charge in [-0.05, 0) is 25.5 Å². The van der Waals surface area contributed by atoms with Crippen LogP contribution in [0.3, 0.4) is 0 Å². The first kappa shape index (κ1) is 12.4. The fourth-order valence-corrected chi connectivity index (χ4v) is 1.61. The standard InChI is InChI=1S/C11H14ClNOS/c1-7(13-11(14)8(2)15)9-5-3-4-6-10(9)12/h3-8,15H,1-2H3,(H,13,14). The Labute approximate surface area is 100 Å². The van der Waals surface area contributed by atoms with Crippen molar-refractivity contribution in [1.82, 2.24) is 5.32 Å². The third-order valence-electron chi connectivity index (χ3n) is 2.11. The summed E-state index contributed by atoms with van der Waals surface area (Å²) in [6.07, 6.45) is 0. The molecule has 0 spiro atoms. The first-order valence-electron chi connectivity index (χ1n) is 4.75. The van der Waals surface area contributed by atoms with E-state index in [1.807, 2.05) is 31.2 Å². The maximum Gasteiger partial charge on any atom is 0.233 e. The van der Waals surface area contributed by atoms with Gasteiger partial charge in [-0.1, -0.05) is 29.8 Å². The zero-order chi connectivity index (χ0) is 11.4. The van der Waals surface area contributed by atoms with Crippen molar-refractivity contribution in [2.45, 2.75) is 25.1 Å². The van der Waals surface area contributed by atoms with Crippen LogP contribution in [0.15, 0.2) is 24.3 Å². The van der Waals surface area contributed by atoms with Gasteiger partial charge in [0.1, 0.15) is 0 Å². The summed E-state index contributed by atoms with van der Waals surface area (Å²) in [6.45, 7) is 3.63. The van der Waals surface area contributed by atoms with Crippen molar-refractivity contribution in [3.8, 4) is 0 Å². The van der Waals surface area contributed by atoms with E-state index in [0.29, 0.717) is 5.02 Å². The molecule has 0 bridgehead atoms. The van der Waals surface area contributed by atoms with Crippen LogP contribution in [-0.4, -0.2) is 11.2 Å². The molecule has 1 rings (SSSR count). The number of hydrogen-bond donors (Lipinski definition) is 2. The highest BCUT2D eigenvalue weighted by atomic mass is 35.5. The highest BCUT2D eigenvalue weighted by molar-refractivity contribution is 7.81. The lowest BCUT2D eigenvalue weighted by molar-refractivity contribution is -0.120. The average molecular weight is 244 g/mol. The minimum atomic E-state index is -0.310. The predicted molar refractivity (Wildman–Crippen MR) is 66.5 cm³/mol. The molecule has 1 aromatic carbocycles. The number of carbonyl (C=O) groups excluding carboxylic acids is 1. The quantitative estimate of drug-likeness (QED) is 0.786. The molecule has 0 aliphatic heterocycles. The molecule has 2 unspecified atom stereocenters. The number of amides is 1. The van der Waals surface area contributed by atoms with Crippen LogP contribution in [0.5, 0.6) is 0 Å². The molecule has 82 valence electrons. The number of benzene rings is 1. The Hall–Kier alpha value is -0.670. The second-order valence-electron chi connectivity index (χ2n) is 3.43. The van der Waals surface area contributed by atoms with Crippen molar-refractivity contribution in [2.24, 2.45) is 0 Å². The monoisotopic (exact) mass is 243 g/mol. The maximum atomic E-state index is 11.4. The Morgan fingerprint density at radius 1 is 1.40 bits per heavy atom. The average Bonchev–Trinajstić information content (AvgIpc) is 2.18. The van der Waals surface area contributed by atoms with Gasteiger partial charge in [0.15, 0.2) is 0 Å². The Balaban J connectivity index is 2.73. The molecule has 1 amide bonds. The SMILES string of the molecule is CC(S)C(=O)NC(C)c1ccccc1Cl. The molecule has 4 heteroatoms. The van der Waals surface area contributed by atoms with Gasteiger partial charge in [0.25, 0.3) is 0 Å². The van der Waals surface area contributed by atoms with E-state index in [4.69, 9.17) is 11.6 Å².